The first-order valence-corrected chi connectivity index (χ1v) is 20.2. The minimum Gasteiger partial charge on any atom is -0.301 e. The minimum atomic E-state index is -4.90. The fourth-order valence-corrected chi connectivity index (χ4v) is 13.4. The summed E-state index contributed by atoms with van der Waals surface area (Å²) in [5.41, 5.74) is 0. The van der Waals surface area contributed by atoms with Crippen LogP contribution < -0.4 is 0 Å². The summed E-state index contributed by atoms with van der Waals surface area (Å²) >= 11 is 0. The van der Waals surface area contributed by atoms with E-state index in [2.05, 4.69) is 16.7 Å². The zero-order chi connectivity index (χ0) is 28.2. The van der Waals surface area contributed by atoms with E-state index in [0.29, 0.717) is 0 Å². The molecule has 18 nitrogen and oxygen atoms in total. The van der Waals surface area contributed by atoms with Crippen molar-refractivity contribution in [1.82, 2.24) is 0 Å². The average Bonchev–Trinajstić information content (AvgIpc) is 3.48. The van der Waals surface area contributed by atoms with E-state index in [1.807, 2.05) is 0 Å². The summed E-state index contributed by atoms with van der Waals surface area (Å²) in [6, 6.07) is 0. The molecule has 4 saturated heterocycles. The molecule has 4 unspecified atom stereocenters. The second-order valence-corrected chi connectivity index (χ2v) is 20.4. The van der Waals surface area contributed by atoms with Gasteiger partial charge in [-0.2, -0.15) is 33.7 Å². The Morgan fingerprint density at radius 2 is 0.737 bits per heavy atom. The van der Waals surface area contributed by atoms with E-state index < -0.39 is 135 Å². The summed E-state index contributed by atoms with van der Waals surface area (Å²) < 4.78 is 162. The molecule has 4 aliphatic rings. The Kier molecular flexibility index (Phi) is 8.66. The molecule has 38 heavy (non-hydrogen) atoms. The van der Waals surface area contributed by atoms with Gasteiger partial charge in [0, 0.05) is 0 Å². The first kappa shape index (κ1) is 30.9. The monoisotopic (exact) mass is 670 g/mol. The lowest BCUT2D eigenvalue weighted by Crippen LogP contribution is -2.29. The predicted molar refractivity (Wildman–Crippen MR) is 123 cm³/mol. The fourth-order valence-electron chi connectivity index (χ4n) is 3.66. The van der Waals surface area contributed by atoms with Gasteiger partial charge in [0.05, 0.1) is 26.4 Å². The van der Waals surface area contributed by atoms with Crippen molar-refractivity contribution in [2.45, 2.75) is 36.7 Å². The molecule has 4 fully saturated rings. The second kappa shape index (κ2) is 10.6. The average molecular weight is 671 g/mol. The molecule has 0 radical (unpaired) electrons. The highest BCUT2D eigenvalue weighted by Crippen LogP contribution is 2.72. The van der Waals surface area contributed by atoms with Crippen molar-refractivity contribution < 1.29 is 77.6 Å². The smallest absolute Gasteiger partial charge is 0.301 e. The summed E-state index contributed by atoms with van der Waals surface area (Å²) in [4.78, 5) is 0. The Morgan fingerprint density at radius 3 is 0.895 bits per heavy atom. The molecule has 4 aliphatic heterocycles. The molecule has 0 amide bonds. The Morgan fingerprint density at radius 1 is 0.526 bits per heavy atom. The van der Waals surface area contributed by atoms with Crippen molar-refractivity contribution in [2.75, 3.05) is 49.4 Å². The van der Waals surface area contributed by atoms with Crippen molar-refractivity contribution in [3.8, 4) is 0 Å². The van der Waals surface area contributed by atoms with Gasteiger partial charge in [-0.15, -0.1) is 0 Å². The van der Waals surface area contributed by atoms with Crippen molar-refractivity contribution in [1.29, 1.82) is 0 Å². The van der Waals surface area contributed by atoms with Crippen molar-refractivity contribution in [3.05, 3.63) is 0 Å². The van der Waals surface area contributed by atoms with Crippen LogP contribution in [-0.4, -0.2) is 113 Å². The molecule has 4 heterocycles. The predicted octanol–water partition coefficient (Wildman–Crippen LogP) is -1.30. The lowest BCUT2D eigenvalue weighted by molar-refractivity contribution is 0.0893. The molecule has 0 aromatic carbocycles. The lowest BCUT2D eigenvalue weighted by Gasteiger charge is -2.33. The summed E-state index contributed by atoms with van der Waals surface area (Å²) in [7, 11) is -26.0. The molecule has 0 saturated carbocycles. The summed E-state index contributed by atoms with van der Waals surface area (Å²) in [5.74, 6) is -3.10. The van der Waals surface area contributed by atoms with Crippen molar-refractivity contribution >= 4 is 55.7 Å². The maximum Gasteiger partial charge on any atom is 0.346 e. The van der Waals surface area contributed by atoms with E-state index in [0.717, 1.165) is 6.92 Å². The van der Waals surface area contributed by atoms with Crippen molar-refractivity contribution in [3.63, 3.8) is 0 Å². The van der Waals surface area contributed by atoms with Crippen LogP contribution in [0.2, 0.25) is 0 Å². The SMILES string of the molecule is CC(P(=O)(OC1COS(=O)(=O)C1)OC1COS(=O)(=O)C1)P(=O)(OC1COS(=O)(=O)C1)OC1COS(=O)(=O)C1. The first-order valence-electron chi connectivity index (χ1n) is 10.7. The Labute approximate surface area is 219 Å². The summed E-state index contributed by atoms with van der Waals surface area (Å²) in [6.45, 7) is -1.41. The minimum absolute atomic E-state index is 0.600. The van der Waals surface area contributed by atoms with E-state index in [-0.39, 0.29) is 0 Å². The highest BCUT2D eigenvalue weighted by Gasteiger charge is 2.55. The normalized spacial score (nSPS) is 37.4. The topological polar surface area (TPSA) is 245 Å². The van der Waals surface area contributed by atoms with Crippen LogP contribution in [0.25, 0.3) is 0 Å². The van der Waals surface area contributed by atoms with E-state index >= 15 is 0 Å². The van der Waals surface area contributed by atoms with E-state index in [1.54, 1.807) is 0 Å². The molecular weight excluding hydrogens is 646 g/mol. The molecule has 0 aliphatic carbocycles. The molecule has 0 spiro atoms. The molecule has 0 bridgehead atoms. The molecule has 4 rings (SSSR count). The number of rotatable bonds is 10. The van der Waals surface area contributed by atoms with Crippen LogP contribution in [0.1, 0.15) is 6.92 Å². The highest BCUT2D eigenvalue weighted by molar-refractivity contribution is 7.87. The van der Waals surface area contributed by atoms with Crippen LogP contribution >= 0.6 is 15.2 Å². The van der Waals surface area contributed by atoms with Crippen LogP contribution in [0.5, 0.6) is 0 Å². The van der Waals surface area contributed by atoms with Crippen LogP contribution in [0.4, 0.5) is 0 Å². The van der Waals surface area contributed by atoms with E-state index in [1.165, 1.54) is 0 Å². The molecule has 0 N–H and O–H groups in total. The van der Waals surface area contributed by atoms with Crippen LogP contribution in [0, 0.1) is 0 Å². The third kappa shape index (κ3) is 7.61. The van der Waals surface area contributed by atoms with Gasteiger partial charge < -0.3 is 18.1 Å². The maximum absolute atomic E-state index is 14.1. The van der Waals surface area contributed by atoms with Crippen molar-refractivity contribution in [2.24, 2.45) is 0 Å². The quantitative estimate of drug-likeness (QED) is 0.194. The fraction of sp³-hybridized carbons (Fsp3) is 1.00. The van der Waals surface area contributed by atoms with Gasteiger partial charge in [-0.25, -0.2) is 0 Å². The Bertz CT molecular complexity index is 1240. The lowest BCUT2D eigenvalue weighted by atomic mass is 10.5. The first-order chi connectivity index (χ1) is 17.3. The van der Waals surface area contributed by atoms with Gasteiger partial charge >= 0.3 is 15.2 Å². The third-order valence-corrected chi connectivity index (χ3v) is 16.4. The highest BCUT2D eigenvalue weighted by atomic mass is 32.2. The maximum atomic E-state index is 14.1. The van der Waals surface area contributed by atoms with Gasteiger partial charge in [0.25, 0.3) is 40.5 Å². The Hall–Kier alpha value is -0.0600. The molecular formula is C14H24O18P2S4. The van der Waals surface area contributed by atoms with E-state index in [4.69, 9.17) is 18.1 Å². The van der Waals surface area contributed by atoms with E-state index in [9.17, 15) is 42.8 Å². The molecule has 0 aromatic rings. The largest absolute Gasteiger partial charge is 0.346 e. The van der Waals surface area contributed by atoms with Crippen LogP contribution in [0.15, 0.2) is 0 Å². The summed E-state index contributed by atoms with van der Waals surface area (Å²) in [5, 5.41) is -1.96. The molecule has 4 atom stereocenters. The van der Waals surface area contributed by atoms with Gasteiger partial charge in [-0.05, 0) is 6.92 Å². The zero-order valence-corrected chi connectivity index (χ0v) is 24.5. The van der Waals surface area contributed by atoms with Gasteiger partial charge in [0.2, 0.25) is 0 Å². The Balaban J connectivity index is 1.66. The molecule has 222 valence electrons. The van der Waals surface area contributed by atoms with Gasteiger partial charge in [-0.1, -0.05) is 0 Å². The van der Waals surface area contributed by atoms with Gasteiger partial charge in [0.1, 0.15) is 47.4 Å². The third-order valence-electron chi connectivity index (χ3n) is 5.39. The molecule has 24 heteroatoms. The van der Waals surface area contributed by atoms with Crippen LogP contribution in [0.3, 0.4) is 0 Å². The van der Waals surface area contributed by atoms with Gasteiger partial charge in [0.15, 0.2) is 5.40 Å². The second-order valence-electron chi connectivity index (χ2n) is 8.66. The number of hydrogen-bond donors (Lipinski definition) is 0. The van der Waals surface area contributed by atoms with Gasteiger partial charge in [-0.3, -0.25) is 25.9 Å². The van der Waals surface area contributed by atoms with Crippen LogP contribution in [-0.2, 0) is 84.4 Å². The zero-order valence-electron chi connectivity index (χ0n) is 19.4. The summed E-state index contributed by atoms with van der Waals surface area (Å²) in [6.07, 6.45) is -5.64. The standard InChI is InChI=1S/C14H24O18P2S4/c1-10(33(15,29-11-2-25-35(17,18)6-11)30-12-3-26-36(19,20)7-12)34(16,31-13-4-27-37(21,22)8-13)32-14-5-28-38(23,24)9-14/h10-14H,2-9H2,1H3. The number of hydrogen-bond acceptors (Lipinski definition) is 18. The molecule has 0 aromatic heterocycles.